The van der Waals surface area contributed by atoms with Crippen molar-refractivity contribution in [2.45, 2.75) is 26.0 Å². The number of aromatic nitrogens is 2. The monoisotopic (exact) mass is 390 g/mol. The number of ether oxygens (including phenoxy) is 1. The summed E-state index contributed by atoms with van der Waals surface area (Å²) in [7, 11) is 1.93. The molecule has 0 atom stereocenters. The maximum atomic E-state index is 12.4. The maximum Gasteiger partial charge on any atom is 0.251 e. The van der Waals surface area contributed by atoms with Crippen molar-refractivity contribution in [3.8, 4) is 5.75 Å². The Hall–Kier alpha value is -3.28. The van der Waals surface area contributed by atoms with E-state index in [9.17, 15) is 4.79 Å². The third-order valence-corrected chi connectivity index (χ3v) is 5.27. The highest BCUT2D eigenvalue weighted by Gasteiger charge is 2.12. The van der Waals surface area contributed by atoms with Gasteiger partial charge in [-0.3, -0.25) is 4.79 Å². The van der Waals surface area contributed by atoms with Crippen LogP contribution in [0.3, 0.4) is 0 Å². The zero-order valence-electron chi connectivity index (χ0n) is 16.7. The fourth-order valence-corrected chi connectivity index (χ4v) is 3.47. The number of rotatable bonds is 7. The van der Waals surface area contributed by atoms with Crippen molar-refractivity contribution in [2.75, 3.05) is 18.0 Å². The molecule has 6 heteroatoms. The average molecular weight is 390 g/mol. The van der Waals surface area contributed by atoms with Crippen molar-refractivity contribution in [1.82, 2.24) is 14.9 Å². The number of imidazole rings is 1. The lowest BCUT2D eigenvalue weighted by atomic mass is 10.1. The molecule has 0 spiro atoms. The average Bonchev–Trinajstić information content (AvgIpc) is 3.43. The quantitative estimate of drug-likeness (QED) is 0.671. The number of benzene rings is 2. The van der Waals surface area contributed by atoms with E-state index < -0.39 is 0 Å². The lowest BCUT2D eigenvalue weighted by Crippen LogP contribution is -2.23. The zero-order valence-corrected chi connectivity index (χ0v) is 16.7. The molecular weight excluding hydrogens is 364 g/mol. The SMILES string of the molecule is Cn1ccnc1COc1ccc(C(=O)NCc2ccc(N3CCCC3)cc2)cc1. The molecule has 0 unspecified atom stereocenters. The lowest BCUT2D eigenvalue weighted by molar-refractivity contribution is 0.0951. The molecular formula is C23H26N4O2. The lowest BCUT2D eigenvalue weighted by Gasteiger charge is -2.17. The number of hydrogen-bond donors (Lipinski definition) is 1. The molecule has 6 nitrogen and oxygen atoms in total. The third kappa shape index (κ3) is 4.77. The summed E-state index contributed by atoms with van der Waals surface area (Å²) in [5.74, 6) is 1.47. The molecule has 0 aliphatic carbocycles. The van der Waals surface area contributed by atoms with Crippen LogP contribution in [0.5, 0.6) is 5.75 Å². The Morgan fingerprint density at radius 2 is 1.79 bits per heavy atom. The first-order valence-corrected chi connectivity index (χ1v) is 10.0. The van der Waals surface area contributed by atoms with Gasteiger partial charge in [0, 0.05) is 50.3 Å². The molecule has 2 aromatic carbocycles. The number of carbonyl (C=O) groups excluding carboxylic acids is 1. The number of aryl methyl sites for hydroxylation is 1. The molecule has 1 fully saturated rings. The van der Waals surface area contributed by atoms with Crippen LogP contribution in [0.4, 0.5) is 5.69 Å². The van der Waals surface area contributed by atoms with E-state index in [0.29, 0.717) is 24.5 Å². The summed E-state index contributed by atoms with van der Waals surface area (Å²) in [6, 6.07) is 15.6. The molecule has 1 aliphatic heterocycles. The maximum absolute atomic E-state index is 12.4. The van der Waals surface area contributed by atoms with Crippen LogP contribution < -0.4 is 15.0 Å². The fourth-order valence-electron chi connectivity index (χ4n) is 3.47. The van der Waals surface area contributed by atoms with E-state index in [-0.39, 0.29) is 5.91 Å². The van der Waals surface area contributed by atoms with Gasteiger partial charge in [-0.25, -0.2) is 4.98 Å². The molecule has 1 amide bonds. The van der Waals surface area contributed by atoms with Crippen LogP contribution >= 0.6 is 0 Å². The summed E-state index contributed by atoms with van der Waals surface area (Å²) in [5, 5.41) is 2.98. The van der Waals surface area contributed by atoms with Crippen molar-refractivity contribution in [3.63, 3.8) is 0 Å². The van der Waals surface area contributed by atoms with E-state index >= 15 is 0 Å². The van der Waals surface area contributed by atoms with Crippen LogP contribution in [-0.4, -0.2) is 28.5 Å². The highest BCUT2D eigenvalue weighted by atomic mass is 16.5. The van der Waals surface area contributed by atoms with Crippen molar-refractivity contribution >= 4 is 11.6 Å². The normalized spacial score (nSPS) is 13.5. The Morgan fingerprint density at radius 1 is 1.07 bits per heavy atom. The van der Waals surface area contributed by atoms with Gasteiger partial charge in [0.1, 0.15) is 18.2 Å². The van der Waals surface area contributed by atoms with Crippen molar-refractivity contribution in [2.24, 2.45) is 7.05 Å². The predicted octanol–water partition coefficient (Wildman–Crippen LogP) is 3.53. The van der Waals surface area contributed by atoms with Gasteiger partial charge < -0.3 is 19.5 Å². The first kappa shape index (κ1) is 19.1. The predicted molar refractivity (Wildman–Crippen MR) is 113 cm³/mol. The molecule has 1 saturated heterocycles. The summed E-state index contributed by atoms with van der Waals surface area (Å²) in [4.78, 5) is 19.1. The van der Waals surface area contributed by atoms with Gasteiger partial charge in [0.05, 0.1) is 0 Å². The number of hydrogen-bond acceptors (Lipinski definition) is 4. The van der Waals surface area contributed by atoms with Gasteiger partial charge in [-0.1, -0.05) is 12.1 Å². The number of carbonyl (C=O) groups is 1. The Kier molecular flexibility index (Phi) is 5.79. The van der Waals surface area contributed by atoms with Crippen LogP contribution in [-0.2, 0) is 20.2 Å². The smallest absolute Gasteiger partial charge is 0.251 e. The van der Waals surface area contributed by atoms with Gasteiger partial charge in [0.15, 0.2) is 0 Å². The second-order valence-corrected chi connectivity index (χ2v) is 7.31. The minimum Gasteiger partial charge on any atom is -0.486 e. The largest absolute Gasteiger partial charge is 0.486 e. The summed E-state index contributed by atoms with van der Waals surface area (Å²) in [6.07, 6.45) is 6.16. The fraction of sp³-hybridized carbons (Fsp3) is 0.304. The second kappa shape index (κ2) is 8.82. The number of anilines is 1. The molecule has 29 heavy (non-hydrogen) atoms. The minimum atomic E-state index is -0.0933. The van der Waals surface area contributed by atoms with Crippen LogP contribution in [0.15, 0.2) is 60.9 Å². The molecule has 4 rings (SSSR count). The molecule has 1 aromatic heterocycles. The Balaban J connectivity index is 1.27. The highest BCUT2D eigenvalue weighted by Crippen LogP contribution is 2.20. The molecule has 150 valence electrons. The van der Waals surface area contributed by atoms with Gasteiger partial charge in [0.2, 0.25) is 0 Å². The topological polar surface area (TPSA) is 59.4 Å². The molecule has 0 radical (unpaired) electrons. The standard InChI is InChI=1S/C23H26N4O2/c1-26-15-12-24-22(26)17-29-21-10-6-19(7-11-21)23(28)25-16-18-4-8-20(9-5-18)27-13-2-3-14-27/h4-12,15H,2-3,13-14,16-17H2,1H3,(H,25,28). The van der Waals surface area contributed by atoms with Crippen LogP contribution in [0.1, 0.15) is 34.6 Å². The van der Waals surface area contributed by atoms with E-state index in [1.54, 1.807) is 18.3 Å². The van der Waals surface area contributed by atoms with Crippen molar-refractivity contribution in [3.05, 3.63) is 77.9 Å². The molecule has 1 aliphatic rings. The van der Waals surface area contributed by atoms with E-state index in [1.165, 1.54) is 18.5 Å². The molecule has 2 heterocycles. The van der Waals surface area contributed by atoms with Crippen molar-refractivity contribution in [1.29, 1.82) is 0 Å². The Bertz CT molecular complexity index is 942. The minimum absolute atomic E-state index is 0.0933. The second-order valence-electron chi connectivity index (χ2n) is 7.31. The van der Waals surface area contributed by atoms with Crippen molar-refractivity contribution < 1.29 is 9.53 Å². The van der Waals surface area contributed by atoms with E-state index in [0.717, 1.165) is 24.5 Å². The van der Waals surface area contributed by atoms with Crippen LogP contribution in [0.2, 0.25) is 0 Å². The van der Waals surface area contributed by atoms with Gasteiger partial charge in [-0.15, -0.1) is 0 Å². The first-order valence-electron chi connectivity index (χ1n) is 10.0. The molecule has 3 aromatic rings. The van der Waals surface area contributed by atoms with Gasteiger partial charge in [-0.2, -0.15) is 0 Å². The first-order chi connectivity index (χ1) is 14.2. The highest BCUT2D eigenvalue weighted by molar-refractivity contribution is 5.94. The van der Waals surface area contributed by atoms with E-state index in [4.69, 9.17) is 4.74 Å². The van der Waals surface area contributed by atoms with Gasteiger partial charge in [0.25, 0.3) is 5.91 Å². The number of nitrogens with one attached hydrogen (secondary N) is 1. The molecule has 1 N–H and O–H groups in total. The van der Waals surface area contributed by atoms with E-state index in [1.807, 2.05) is 29.9 Å². The number of amides is 1. The van der Waals surface area contributed by atoms with Gasteiger partial charge >= 0.3 is 0 Å². The van der Waals surface area contributed by atoms with Crippen LogP contribution in [0.25, 0.3) is 0 Å². The summed E-state index contributed by atoms with van der Waals surface area (Å²) >= 11 is 0. The van der Waals surface area contributed by atoms with E-state index in [2.05, 4.69) is 39.5 Å². The summed E-state index contributed by atoms with van der Waals surface area (Å²) in [5.41, 5.74) is 2.97. The summed E-state index contributed by atoms with van der Waals surface area (Å²) < 4.78 is 7.65. The number of nitrogens with zero attached hydrogens (tertiary/aromatic N) is 3. The third-order valence-electron chi connectivity index (χ3n) is 5.27. The summed E-state index contributed by atoms with van der Waals surface area (Å²) in [6.45, 7) is 3.17. The van der Waals surface area contributed by atoms with Gasteiger partial charge in [-0.05, 0) is 54.8 Å². The van der Waals surface area contributed by atoms with Crippen LogP contribution in [0, 0.1) is 0 Å². The Morgan fingerprint density at radius 3 is 2.45 bits per heavy atom. The molecule has 0 bridgehead atoms. The Labute approximate surface area is 171 Å². The molecule has 0 saturated carbocycles. The zero-order chi connectivity index (χ0) is 20.1.